The third-order valence-corrected chi connectivity index (χ3v) is 3.61. The van der Waals surface area contributed by atoms with E-state index in [1.807, 2.05) is 45.0 Å². The van der Waals surface area contributed by atoms with Crippen LogP contribution in [0.25, 0.3) is 0 Å². The van der Waals surface area contributed by atoms with Crippen molar-refractivity contribution in [3.05, 3.63) is 29.8 Å². The molecule has 0 bridgehead atoms. The molecule has 1 aromatic rings. The quantitative estimate of drug-likeness (QED) is 0.908. The maximum Gasteiger partial charge on any atom is 0.414 e. The van der Waals surface area contributed by atoms with Gasteiger partial charge in [-0.3, -0.25) is 9.69 Å². The van der Waals surface area contributed by atoms with E-state index in [-0.39, 0.29) is 5.92 Å². The predicted molar refractivity (Wildman–Crippen MR) is 79.6 cm³/mol. The lowest BCUT2D eigenvalue weighted by atomic mass is 9.89. The highest BCUT2D eigenvalue weighted by Gasteiger charge is 2.39. The molecular weight excluding hydrogens is 270 g/mol. The molecule has 2 rings (SSSR count). The fourth-order valence-electron chi connectivity index (χ4n) is 2.53. The van der Waals surface area contributed by atoms with Crippen molar-refractivity contribution in [3.8, 4) is 0 Å². The van der Waals surface area contributed by atoms with Crippen LogP contribution in [0.2, 0.25) is 0 Å². The minimum absolute atomic E-state index is 0.216. The zero-order valence-corrected chi connectivity index (χ0v) is 12.8. The number of amides is 1. The Labute approximate surface area is 124 Å². The fourth-order valence-corrected chi connectivity index (χ4v) is 2.53. The van der Waals surface area contributed by atoms with Crippen LogP contribution in [-0.2, 0) is 9.53 Å². The Bertz CT molecular complexity index is 562. The second kappa shape index (κ2) is 5.39. The second-order valence-electron chi connectivity index (χ2n) is 6.38. The normalized spacial score (nSPS) is 19.0. The van der Waals surface area contributed by atoms with E-state index in [9.17, 15) is 14.7 Å². The lowest BCUT2D eigenvalue weighted by Crippen LogP contribution is -2.37. The van der Waals surface area contributed by atoms with Gasteiger partial charge in [0, 0.05) is 12.5 Å². The smallest absolute Gasteiger partial charge is 0.414 e. The molecule has 1 aliphatic rings. The molecule has 21 heavy (non-hydrogen) atoms. The van der Waals surface area contributed by atoms with Crippen LogP contribution in [0.5, 0.6) is 0 Å². The number of aliphatic carboxylic acids is 1. The number of fused-ring (bicyclic) bond motifs is 1. The van der Waals surface area contributed by atoms with Crippen LogP contribution in [0.4, 0.5) is 10.5 Å². The summed E-state index contributed by atoms with van der Waals surface area (Å²) in [6.45, 7) is 7.43. The Morgan fingerprint density at radius 2 is 1.95 bits per heavy atom. The van der Waals surface area contributed by atoms with Crippen LogP contribution in [0, 0.1) is 5.92 Å². The first kappa shape index (κ1) is 15.4. The fraction of sp³-hybridized carbons (Fsp3) is 0.500. The van der Waals surface area contributed by atoms with E-state index >= 15 is 0 Å². The molecule has 0 aromatic heterocycles. The lowest BCUT2D eigenvalue weighted by Gasteiger charge is -2.25. The van der Waals surface area contributed by atoms with Crippen molar-refractivity contribution in [1.29, 1.82) is 0 Å². The molecule has 1 amide bonds. The standard InChI is InChI=1S/C16H21NO4/c1-10(14(18)19)12-9-17(15(20)21-16(2,3)4)13-8-6-5-7-11(12)13/h5-8,10,12H,9H2,1-4H3,(H,18,19)/t10-,12?/m1/s1. The zero-order valence-electron chi connectivity index (χ0n) is 12.8. The molecule has 0 fully saturated rings. The number of para-hydroxylation sites is 1. The number of carbonyl (C=O) groups excluding carboxylic acids is 1. The van der Waals surface area contributed by atoms with Gasteiger partial charge in [0.2, 0.25) is 0 Å². The number of carbonyl (C=O) groups is 2. The van der Waals surface area contributed by atoms with Crippen molar-refractivity contribution in [2.45, 2.75) is 39.2 Å². The number of hydrogen-bond acceptors (Lipinski definition) is 3. The van der Waals surface area contributed by atoms with E-state index in [1.54, 1.807) is 6.92 Å². The van der Waals surface area contributed by atoms with Crippen LogP contribution < -0.4 is 4.90 Å². The van der Waals surface area contributed by atoms with Gasteiger partial charge in [-0.25, -0.2) is 4.79 Å². The maximum atomic E-state index is 12.3. The number of anilines is 1. The Hall–Kier alpha value is -2.04. The van der Waals surface area contributed by atoms with E-state index in [4.69, 9.17) is 4.74 Å². The molecular formula is C16H21NO4. The summed E-state index contributed by atoms with van der Waals surface area (Å²) in [5, 5.41) is 9.24. The first-order valence-corrected chi connectivity index (χ1v) is 7.03. The summed E-state index contributed by atoms with van der Waals surface area (Å²) in [7, 11) is 0. The number of hydrogen-bond donors (Lipinski definition) is 1. The predicted octanol–water partition coefficient (Wildman–Crippen LogP) is 3.25. The first-order valence-electron chi connectivity index (χ1n) is 7.03. The number of rotatable bonds is 2. The van der Waals surface area contributed by atoms with Crippen molar-refractivity contribution < 1.29 is 19.4 Å². The summed E-state index contributed by atoms with van der Waals surface area (Å²) in [4.78, 5) is 25.1. The molecule has 0 aliphatic carbocycles. The number of benzene rings is 1. The highest BCUT2D eigenvalue weighted by atomic mass is 16.6. The Morgan fingerprint density at radius 3 is 2.52 bits per heavy atom. The van der Waals surface area contributed by atoms with E-state index in [1.165, 1.54) is 4.90 Å². The summed E-state index contributed by atoms with van der Waals surface area (Å²) in [5.41, 5.74) is 1.05. The van der Waals surface area contributed by atoms with Gasteiger partial charge >= 0.3 is 12.1 Å². The minimum Gasteiger partial charge on any atom is -0.481 e. The van der Waals surface area contributed by atoms with E-state index < -0.39 is 23.6 Å². The van der Waals surface area contributed by atoms with Gasteiger partial charge in [0.15, 0.2) is 0 Å². The van der Waals surface area contributed by atoms with Gasteiger partial charge in [0.25, 0.3) is 0 Å². The Balaban J connectivity index is 2.31. The second-order valence-corrected chi connectivity index (χ2v) is 6.38. The molecule has 1 aromatic carbocycles. The number of ether oxygens (including phenoxy) is 1. The SMILES string of the molecule is C[C@@H](C(=O)O)C1CN(C(=O)OC(C)(C)C)c2ccccc21. The third kappa shape index (κ3) is 3.17. The minimum atomic E-state index is -0.860. The molecule has 0 saturated carbocycles. The summed E-state index contributed by atoms with van der Waals surface area (Å²) in [5.74, 6) is -1.63. The highest BCUT2D eigenvalue weighted by Crippen LogP contribution is 2.40. The van der Waals surface area contributed by atoms with E-state index in [0.717, 1.165) is 11.3 Å². The lowest BCUT2D eigenvalue weighted by molar-refractivity contribution is -0.141. The number of nitrogens with zero attached hydrogens (tertiary/aromatic N) is 1. The van der Waals surface area contributed by atoms with E-state index in [0.29, 0.717) is 6.54 Å². The monoisotopic (exact) mass is 291 g/mol. The zero-order chi connectivity index (χ0) is 15.8. The Morgan fingerprint density at radius 1 is 1.33 bits per heavy atom. The number of carboxylic acids is 1. The Kier molecular flexibility index (Phi) is 3.94. The van der Waals surface area contributed by atoms with Crippen LogP contribution >= 0.6 is 0 Å². The van der Waals surface area contributed by atoms with Crippen LogP contribution in [-0.4, -0.2) is 29.3 Å². The molecule has 1 N–H and O–H groups in total. The molecule has 2 atom stereocenters. The highest BCUT2D eigenvalue weighted by molar-refractivity contribution is 5.91. The summed E-state index contributed by atoms with van der Waals surface area (Å²) in [6, 6.07) is 7.40. The van der Waals surface area contributed by atoms with Crippen molar-refractivity contribution in [2.24, 2.45) is 5.92 Å². The van der Waals surface area contributed by atoms with Gasteiger partial charge in [-0.1, -0.05) is 25.1 Å². The topological polar surface area (TPSA) is 66.8 Å². The van der Waals surface area contributed by atoms with Gasteiger partial charge in [-0.2, -0.15) is 0 Å². The van der Waals surface area contributed by atoms with Crippen molar-refractivity contribution in [3.63, 3.8) is 0 Å². The average Bonchev–Trinajstić information content (AvgIpc) is 2.75. The summed E-state index contributed by atoms with van der Waals surface area (Å²) in [6.07, 6.45) is -0.435. The summed E-state index contributed by atoms with van der Waals surface area (Å²) >= 11 is 0. The molecule has 5 heteroatoms. The van der Waals surface area contributed by atoms with Crippen molar-refractivity contribution >= 4 is 17.7 Å². The van der Waals surface area contributed by atoms with Crippen LogP contribution in [0.3, 0.4) is 0 Å². The molecule has 1 aliphatic heterocycles. The number of carboxylic acid groups (broad SMARTS) is 1. The molecule has 114 valence electrons. The molecule has 0 radical (unpaired) electrons. The van der Waals surface area contributed by atoms with Gasteiger partial charge < -0.3 is 9.84 Å². The first-order chi connectivity index (χ1) is 9.70. The van der Waals surface area contributed by atoms with Crippen molar-refractivity contribution in [1.82, 2.24) is 0 Å². The molecule has 1 heterocycles. The van der Waals surface area contributed by atoms with E-state index in [2.05, 4.69) is 0 Å². The van der Waals surface area contributed by atoms with Crippen LogP contribution in [0.15, 0.2) is 24.3 Å². The van der Waals surface area contributed by atoms with Gasteiger partial charge in [0.1, 0.15) is 5.60 Å². The third-order valence-electron chi connectivity index (χ3n) is 3.61. The van der Waals surface area contributed by atoms with Gasteiger partial charge in [-0.15, -0.1) is 0 Å². The van der Waals surface area contributed by atoms with Gasteiger partial charge in [0.05, 0.1) is 11.6 Å². The molecule has 0 saturated heterocycles. The summed E-state index contributed by atoms with van der Waals surface area (Å²) < 4.78 is 5.41. The van der Waals surface area contributed by atoms with Crippen molar-refractivity contribution in [2.75, 3.05) is 11.4 Å². The average molecular weight is 291 g/mol. The largest absolute Gasteiger partial charge is 0.481 e. The maximum absolute atomic E-state index is 12.3. The molecule has 1 unspecified atom stereocenters. The van der Waals surface area contributed by atoms with Gasteiger partial charge in [-0.05, 0) is 32.4 Å². The molecule has 5 nitrogen and oxygen atoms in total. The molecule has 0 spiro atoms. The van der Waals surface area contributed by atoms with Crippen LogP contribution in [0.1, 0.15) is 39.2 Å².